The Bertz CT molecular complexity index is 897. The van der Waals surface area contributed by atoms with Crippen molar-refractivity contribution in [3.63, 3.8) is 0 Å². The Morgan fingerprint density at radius 2 is 1.81 bits per heavy atom. The van der Waals surface area contributed by atoms with Gasteiger partial charge >= 0.3 is 0 Å². The number of fused-ring (bicyclic) bond motifs is 5. The zero-order chi connectivity index (χ0) is 14.8. The fraction of sp³-hybridized carbons (Fsp3) is 0.167. The Kier molecular flexibility index (Phi) is 2.82. The van der Waals surface area contributed by atoms with Crippen LogP contribution in [0.2, 0.25) is 0 Å². The molecule has 21 heavy (non-hydrogen) atoms. The van der Waals surface area contributed by atoms with Gasteiger partial charge in [0, 0.05) is 31.5 Å². The largest absolute Gasteiger partial charge is 0.256 e. The quantitative estimate of drug-likeness (QED) is 0.444. The highest BCUT2D eigenvalue weighted by Gasteiger charge is 2.37. The van der Waals surface area contributed by atoms with Crippen molar-refractivity contribution in [1.82, 2.24) is 4.98 Å². The highest BCUT2D eigenvalue weighted by Crippen LogP contribution is 2.52. The summed E-state index contributed by atoms with van der Waals surface area (Å²) in [5.74, 6) is 0. The van der Waals surface area contributed by atoms with Gasteiger partial charge in [0.05, 0.1) is 5.52 Å². The van der Waals surface area contributed by atoms with E-state index >= 15 is 0 Å². The highest BCUT2D eigenvalue weighted by atomic mass is 79.9. The molecule has 0 saturated carbocycles. The molecule has 0 fully saturated rings. The van der Waals surface area contributed by atoms with E-state index in [4.69, 9.17) is 0 Å². The first kappa shape index (κ1) is 13.5. The number of aromatic nitrogens is 1. The second kappa shape index (κ2) is 4.40. The Morgan fingerprint density at radius 1 is 1.00 bits per heavy atom. The second-order valence-corrected chi connectivity index (χ2v) is 7.77. The molecule has 1 aromatic heterocycles. The average molecular weight is 403 g/mol. The van der Waals surface area contributed by atoms with Gasteiger partial charge in [0.15, 0.2) is 0 Å². The third kappa shape index (κ3) is 1.77. The van der Waals surface area contributed by atoms with Gasteiger partial charge in [-0.2, -0.15) is 0 Å². The van der Waals surface area contributed by atoms with Gasteiger partial charge < -0.3 is 0 Å². The van der Waals surface area contributed by atoms with Crippen molar-refractivity contribution >= 4 is 42.8 Å². The van der Waals surface area contributed by atoms with Crippen molar-refractivity contribution in [2.45, 2.75) is 19.3 Å². The standard InChI is InChI=1S/C18H13Br2N/c1-18(2)13-8-10(19)5-6-11(13)16-14(18)9-15(20)12-4-3-7-21-17(12)16/h3-9H,1-2H3. The van der Waals surface area contributed by atoms with Crippen LogP contribution in [0.1, 0.15) is 25.0 Å². The molecule has 3 heteroatoms. The van der Waals surface area contributed by atoms with Crippen molar-refractivity contribution in [2.24, 2.45) is 0 Å². The van der Waals surface area contributed by atoms with Gasteiger partial charge in [0.2, 0.25) is 0 Å². The summed E-state index contributed by atoms with van der Waals surface area (Å²) in [6, 6.07) is 12.9. The molecule has 0 bridgehead atoms. The van der Waals surface area contributed by atoms with Crippen LogP contribution in [0.3, 0.4) is 0 Å². The van der Waals surface area contributed by atoms with E-state index in [2.05, 4.69) is 81.0 Å². The molecule has 1 aliphatic rings. The molecule has 0 saturated heterocycles. The molecular formula is C18H13Br2N. The Hall–Kier alpha value is -1.19. The van der Waals surface area contributed by atoms with Crippen LogP contribution in [-0.4, -0.2) is 4.98 Å². The molecule has 2 aromatic carbocycles. The summed E-state index contributed by atoms with van der Waals surface area (Å²) in [4.78, 5) is 4.66. The molecule has 104 valence electrons. The third-order valence-electron chi connectivity index (χ3n) is 4.44. The van der Waals surface area contributed by atoms with Crippen LogP contribution in [0.5, 0.6) is 0 Å². The zero-order valence-electron chi connectivity index (χ0n) is 11.7. The molecule has 0 unspecified atom stereocenters. The van der Waals surface area contributed by atoms with E-state index in [1.54, 1.807) is 0 Å². The lowest BCUT2D eigenvalue weighted by Gasteiger charge is -2.22. The summed E-state index contributed by atoms with van der Waals surface area (Å²) in [6.45, 7) is 4.57. The number of rotatable bonds is 0. The van der Waals surface area contributed by atoms with Gasteiger partial charge in [-0.05, 0) is 41.0 Å². The predicted molar refractivity (Wildman–Crippen MR) is 94.7 cm³/mol. The topological polar surface area (TPSA) is 12.9 Å². The number of hydrogen-bond acceptors (Lipinski definition) is 1. The maximum Gasteiger partial charge on any atom is 0.0794 e. The number of benzene rings is 2. The van der Waals surface area contributed by atoms with Crippen LogP contribution in [0, 0.1) is 0 Å². The van der Waals surface area contributed by atoms with Crippen molar-refractivity contribution in [3.8, 4) is 11.1 Å². The molecule has 0 aliphatic heterocycles. The van der Waals surface area contributed by atoms with Crippen LogP contribution in [0.4, 0.5) is 0 Å². The van der Waals surface area contributed by atoms with Gasteiger partial charge in [-0.25, -0.2) is 0 Å². The fourth-order valence-electron chi connectivity index (χ4n) is 3.36. The summed E-state index contributed by atoms with van der Waals surface area (Å²) in [5, 5.41) is 1.17. The lowest BCUT2D eigenvalue weighted by molar-refractivity contribution is 0.660. The minimum absolute atomic E-state index is 0.0112. The van der Waals surface area contributed by atoms with Crippen molar-refractivity contribution in [2.75, 3.05) is 0 Å². The molecule has 3 aromatic rings. The fourth-order valence-corrected chi connectivity index (χ4v) is 4.27. The predicted octanol–water partition coefficient (Wildman–Crippen LogP) is 6.07. The number of hydrogen-bond donors (Lipinski definition) is 0. The van der Waals surface area contributed by atoms with Gasteiger partial charge in [-0.3, -0.25) is 4.98 Å². The van der Waals surface area contributed by atoms with E-state index < -0.39 is 0 Å². The van der Waals surface area contributed by atoms with Gasteiger partial charge in [0.25, 0.3) is 0 Å². The van der Waals surface area contributed by atoms with E-state index in [-0.39, 0.29) is 5.41 Å². The molecule has 0 radical (unpaired) electrons. The van der Waals surface area contributed by atoms with Crippen LogP contribution in [0.25, 0.3) is 22.0 Å². The first-order valence-electron chi connectivity index (χ1n) is 6.88. The first-order chi connectivity index (χ1) is 10.00. The van der Waals surface area contributed by atoms with E-state index in [0.29, 0.717) is 0 Å². The summed E-state index contributed by atoms with van der Waals surface area (Å²) in [6.07, 6.45) is 1.87. The second-order valence-electron chi connectivity index (χ2n) is 6.00. The monoisotopic (exact) mass is 401 g/mol. The molecule has 1 nitrogen and oxygen atoms in total. The maximum atomic E-state index is 4.66. The highest BCUT2D eigenvalue weighted by molar-refractivity contribution is 9.11. The molecule has 1 aliphatic carbocycles. The molecule has 0 N–H and O–H groups in total. The van der Waals surface area contributed by atoms with Crippen LogP contribution >= 0.6 is 31.9 Å². The SMILES string of the molecule is CC1(C)c2cc(Br)ccc2-c2c1cc(Br)c1cccnc21. The lowest BCUT2D eigenvalue weighted by Crippen LogP contribution is -2.15. The molecule has 4 rings (SSSR count). The number of halogens is 2. The maximum absolute atomic E-state index is 4.66. The van der Waals surface area contributed by atoms with Crippen molar-refractivity contribution in [3.05, 3.63) is 62.7 Å². The van der Waals surface area contributed by atoms with Gasteiger partial charge in [-0.15, -0.1) is 0 Å². The first-order valence-corrected chi connectivity index (χ1v) is 8.47. The van der Waals surface area contributed by atoms with Crippen LogP contribution < -0.4 is 0 Å². The van der Waals surface area contributed by atoms with Gasteiger partial charge in [-0.1, -0.05) is 57.8 Å². The minimum Gasteiger partial charge on any atom is -0.256 e. The number of pyridine rings is 1. The van der Waals surface area contributed by atoms with E-state index in [9.17, 15) is 0 Å². The van der Waals surface area contributed by atoms with Crippen molar-refractivity contribution < 1.29 is 0 Å². The summed E-state index contributed by atoms with van der Waals surface area (Å²) >= 11 is 7.31. The minimum atomic E-state index is -0.0112. The average Bonchev–Trinajstić information content (AvgIpc) is 2.68. The van der Waals surface area contributed by atoms with E-state index in [0.717, 1.165) is 14.5 Å². The van der Waals surface area contributed by atoms with E-state index in [1.165, 1.54) is 27.6 Å². The van der Waals surface area contributed by atoms with Crippen LogP contribution in [0.15, 0.2) is 51.5 Å². The van der Waals surface area contributed by atoms with E-state index in [1.807, 2.05) is 12.3 Å². The lowest BCUT2D eigenvalue weighted by atomic mass is 9.82. The molecule has 1 heterocycles. The third-order valence-corrected chi connectivity index (χ3v) is 5.59. The Morgan fingerprint density at radius 3 is 2.62 bits per heavy atom. The molecule has 0 spiro atoms. The normalized spacial score (nSPS) is 15.0. The molecule has 0 amide bonds. The van der Waals surface area contributed by atoms with Gasteiger partial charge in [0.1, 0.15) is 0 Å². The summed E-state index contributed by atoms with van der Waals surface area (Å²) < 4.78 is 2.24. The molecular weight excluding hydrogens is 390 g/mol. The zero-order valence-corrected chi connectivity index (χ0v) is 14.9. The van der Waals surface area contributed by atoms with Crippen molar-refractivity contribution in [1.29, 1.82) is 0 Å². The smallest absolute Gasteiger partial charge is 0.0794 e. The number of nitrogens with zero attached hydrogens (tertiary/aromatic N) is 1. The molecule has 0 atom stereocenters. The van der Waals surface area contributed by atoms with Crippen LogP contribution in [-0.2, 0) is 5.41 Å². The Balaban J connectivity index is 2.22. The summed E-state index contributed by atoms with van der Waals surface area (Å²) in [7, 11) is 0. The summed E-state index contributed by atoms with van der Waals surface area (Å²) in [5.41, 5.74) is 6.35. The Labute approximate surface area is 140 Å².